The van der Waals surface area contributed by atoms with Crippen LogP contribution in [0.15, 0.2) is 42.7 Å². The predicted molar refractivity (Wildman–Crippen MR) is 148 cm³/mol. The van der Waals surface area contributed by atoms with Gasteiger partial charge >= 0.3 is 0 Å². The normalized spacial score (nSPS) is 23.2. The van der Waals surface area contributed by atoms with Crippen molar-refractivity contribution in [3.05, 3.63) is 59.8 Å². The van der Waals surface area contributed by atoms with Gasteiger partial charge in [0.15, 0.2) is 0 Å². The van der Waals surface area contributed by atoms with E-state index in [1.54, 1.807) is 12.3 Å². The lowest BCUT2D eigenvalue weighted by Gasteiger charge is -2.46. The van der Waals surface area contributed by atoms with Gasteiger partial charge in [-0.05, 0) is 37.6 Å². The van der Waals surface area contributed by atoms with E-state index in [0.717, 1.165) is 87.6 Å². The number of aromatic nitrogens is 2. The van der Waals surface area contributed by atoms with E-state index in [1.165, 1.54) is 0 Å². The number of piperazine rings is 2. The number of rotatable bonds is 4. The van der Waals surface area contributed by atoms with Gasteiger partial charge in [0.05, 0.1) is 28.7 Å². The largest absolute Gasteiger partial charge is 0.368 e. The third-order valence-corrected chi connectivity index (χ3v) is 8.37. The van der Waals surface area contributed by atoms with Gasteiger partial charge in [-0.1, -0.05) is 0 Å². The fraction of sp³-hybridized carbons (Fsp3) is 0.483. The number of hydrogen-bond donors (Lipinski definition) is 1. The van der Waals surface area contributed by atoms with Gasteiger partial charge in [0.25, 0.3) is 0 Å². The number of pyridine rings is 2. The molecule has 3 fully saturated rings. The Hall–Kier alpha value is -3.32. The SMILES string of the molecule is CC1CN(c2ccc(C#N)c3ncccc23)CC2CCN(Cc3ncc(N4CCNCC4)cc3F)CCN12. The Kier molecular flexibility index (Phi) is 7.11. The fourth-order valence-corrected chi connectivity index (χ4v) is 6.34. The van der Waals surface area contributed by atoms with Crippen LogP contribution in [0.1, 0.15) is 24.6 Å². The van der Waals surface area contributed by atoms with Crippen LogP contribution in [-0.2, 0) is 6.54 Å². The maximum absolute atomic E-state index is 15.1. The molecule has 2 aromatic heterocycles. The van der Waals surface area contributed by atoms with E-state index in [1.807, 2.05) is 18.3 Å². The smallest absolute Gasteiger partial charge is 0.148 e. The third-order valence-electron chi connectivity index (χ3n) is 8.37. The van der Waals surface area contributed by atoms with Crippen molar-refractivity contribution in [3.63, 3.8) is 0 Å². The van der Waals surface area contributed by atoms with Crippen LogP contribution in [-0.4, -0.2) is 90.8 Å². The molecule has 1 N–H and O–H groups in total. The lowest BCUT2D eigenvalue weighted by atomic mass is 10.0. The third kappa shape index (κ3) is 4.92. The van der Waals surface area contributed by atoms with Gasteiger partial charge in [0.2, 0.25) is 0 Å². The van der Waals surface area contributed by atoms with Crippen LogP contribution in [0.3, 0.4) is 0 Å². The van der Waals surface area contributed by atoms with Crippen molar-refractivity contribution in [1.29, 1.82) is 5.26 Å². The summed E-state index contributed by atoms with van der Waals surface area (Å²) in [6, 6.07) is 12.7. The van der Waals surface area contributed by atoms with Gasteiger partial charge in [0, 0.05) is 101 Å². The summed E-state index contributed by atoms with van der Waals surface area (Å²) < 4.78 is 15.1. The highest BCUT2D eigenvalue weighted by atomic mass is 19.1. The van der Waals surface area contributed by atoms with Crippen LogP contribution >= 0.6 is 0 Å². The van der Waals surface area contributed by atoms with Crippen molar-refractivity contribution in [1.82, 2.24) is 25.1 Å². The molecular formula is C29H35FN8. The standard InChI is InChI=1S/C29H35FN8/c1-21-18-37(28-5-4-22(16-31)29-25(28)3-2-7-33-29)19-23-6-10-35(13-14-38(21)23)20-27-26(30)15-24(17-34-27)36-11-8-32-9-12-36/h2-5,7,15,17,21,23,32H,6,8-14,18-20H2,1H3. The van der Waals surface area contributed by atoms with Gasteiger partial charge in [0.1, 0.15) is 11.9 Å². The van der Waals surface area contributed by atoms with Crippen LogP contribution in [0.4, 0.5) is 15.8 Å². The molecule has 3 aliphatic rings. The van der Waals surface area contributed by atoms with E-state index >= 15 is 4.39 Å². The zero-order valence-electron chi connectivity index (χ0n) is 22.0. The molecule has 0 bridgehead atoms. The molecule has 198 valence electrons. The summed E-state index contributed by atoms with van der Waals surface area (Å²) in [5.41, 5.74) is 3.95. The van der Waals surface area contributed by atoms with Gasteiger partial charge in [-0.3, -0.25) is 19.8 Å². The van der Waals surface area contributed by atoms with Gasteiger partial charge < -0.3 is 15.1 Å². The van der Waals surface area contributed by atoms with Crippen molar-refractivity contribution >= 4 is 22.3 Å². The molecule has 9 heteroatoms. The summed E-state index contributed by atoms with van der Waals surface area (Å²) in [4.78, 5) is 18.7. The maximum Gasteiger partial charge on any atom is 0.148 e. The number of nitrogens with zero attached hydrogens (tertiary/aromatic N) is 7. The molecule has 0 amide bonds. The molecule has 0 saturated carbocycles. The highest BCUT2D eigenvalue weighted by Gasteiger charge is 2.35. The van der Waals surface area contributed by atoms with Gasteiger partial charge in [-0.15, -0.1) is 0 Å². The highest BCUT2D eigenvalue weighted by molar-refractivity contribution is 5.95. The zero-order valence-corrected chi connectivity index (χ0v) is 22.0. The first-order chi connectivity index (χ1) is 18.6. The number of nitriles is 1. The molecule has 0 spiro atoms. The average molecular weight is 515 g/mol. The minimum Gasteiger partial charge on any atom is -0.368 e. The number of fused-ring (bicyclic) bond motifs is 2. The molecule has 6 rings (SSSR count). The number of hydrogen-bond acceptors (Lipinski definition) is 8. The number of benzene rings is 1. The summed E-state index contributed by atoms with van der Waals surface area (Å²) in [5, 5.41) is 13.9. The first-order valence-corrected chi connectivity index (χ1v) is 13.7. The van der Waals surface area contributed by atoms with E-state index in [9.17, 15) is 5.26 Å². The molecule has 2 unspecified atom stereocenters. The van der Waals surface area contributed by atoms with E-state index in [4.69, 9.17) is 0 Å². The first-order valence-electron chi connectivity index (χ1n) is 13.7. The summed E-state index contributed by atoms with van der Waals surface area (Å²) in [6.07, 6.45) is 4.61. The van der Waals surface area contributed by atoms with Gasteiger partial charge in [-0.25, -0.2) is 4.39 Å². The molecule has 0 radical (unpaired) electrons. The Morgan fingerprint density at radius 1 is 1.05 bits per heavy atom. The van der Waals surface area contributed by atoms with E-state index in [-0.39, 0.29) is 5.82 Å². The Morgan fingerprint density at radius 2 is 1.92 bits per heavy atom. The summed E-state index contributed by atoms with van der Waals surface area (Å²) >= 11 is 0. The molecule has 1 aromatic carbocycles. The van der Waals surface area contributed by atoms with E-state index in [0.29, 0.717) is 29.9 Å². The van der Waals surface area contributed by atoms with Crippen molar-refractivity contribution in [3.8, 4) is 6.07 Å². The van der Waals surface area contributed by atoms with Crippen molar-refractivity contribution in [2.45, 2.75) is 32.0 Å². The monoisotopic (exact) mass is 514 g/mol. The molecule has 2 atom stereocenters. The molecule has 8 nitrogen and oxygen atoms in total. The lowest BCUT2D eigenvalue weighted by Crippen LogP contribution is -2.58. The summed E-state index contributed by atoms with van der Waals surface area (Å²) in [5.74, 6) is -0.205. The molecule has 3 aromatic rings. The molecule has 38 heavy (non-hydrogen) atoms. The van der Waals surface area contributed by atoms with E-state index < -0.39 is 0 Å². The second kappa shape index (κ2) is 10.8. The fourth-order valence-electron chi connectivity index (χ4n) is 6.34. The molecule has 0 aliphatic carbocycles. The minimum absolute atomic E-state index is 0.205. The molecule has 5 heterocycles. The van der Waals surface area contributed by atoms with Crippen molar-refractivity contribution < 1.29 is 4.39 Å². The lowest BCUT2D eigenvalue weighted by molar-refractivity contribution is 0.127. The Labute approximate surface area is 223 Å². The number of halogens is 1. The quantitative estimate of drug-likeness (QED) is 0.570. The highest BCUT2D eigenvalue weighted by Crippen LogP contribution is 2.32. The zero-order chi connectivity index (χ0) is 26.1. The van der Waals surface area contributed by atoms with Crippen LogP contribution < -0.4 is 15.1 Å². The number of anilines is 2. The second-order valence-electron chi connectivity index (χ2n) is 10.7. The van der Waals surface area contributed by atoms with Crippen LogP contribution in [0, 0.1) is 17.1 Å². The number of nitrogens with one attached hydrogen (secondary N) is 1. The molecule has 3 saturated heterocycles. The van der Waals surface area contributed by atoms with Crippen LogP contribution in [0.25, 0.3) is 10.9 Å². The minimum atomic E-state index is -0.205. The van der Waals surface area contributed by atoms with Crippen LogP contribution in [0.5, 0.6) is 0 Å². The summed E-state index contributed by atoms with van der Waals surface area (Å²) in [7, 11) is 0. The van der Waals surface area contributed by atoms with Gasteiger partial charge in [-0.2, -0.15) is 5.26 Å². The maximum atomic E-state index is 15.1. The molecular weight excluding hydrogens is 479 g/mol. The first kappa shape index (κ1) is 25.0. The molecule has 3 aliphatic heterocycles. The topological polar surface area (TPSA) is 74.6 Å². The summed E-state index contributed by atoms with van der Waals surface area (Å²) in [6.45, 7) is 11.1. The van der Waals surface area contributed by atoms with Crippen LogP contribution in [0.2, 0.25) is 0 Å². The predicted octanol–water partition coefficient (Wildman–Crippen LogP) is 2.84. The van der Waals surface area contributed by atoms with Crippen molar-refractivity contribution in [2.24, 2.45) is 0 Å². The Bertz CT molecular complexity index is 1330. The van der Waals surface area contributed by atoms with Crippen molar-refractivity contribution in [2.75, 3.05) is 68.7 Å². The average Bonchev–Trinajstić information content (AvgIpc) is 3.16. The van der Waals surface area contributed by atoms with E-state index in [2.05, 4.69) is 60.0 Å². The Balaban J connectivity index is 1.15. The second-order valence-corrected chi connectivity index (χ2v) is 10.7. The Morgan fingerprint density at radius 3 is 2.74 bits per heavy atom.